The van der Waals surface area contributed by atoms with Crippen molar-refractivity contribution in [1.29, 1.82) is 0 Å². The molecule has 0 atom stereocenters. The van der Waals surface area contributed by atoms with Gasteiger partial charge in [-0.25, -0.2) is 4.98 Å². The van der Waals surface area contributed by atoms with Crippen LogP contribution in [0.25, 0.3) is 21.8 Å². The van der Waals surface area contributed by atoms with Gasteiger partial charge in [0, 0.05) is 10.5 Å². The lowest BCUT2D eigenvalue weighted by atomic mass is 10.2. The number of rotatable bonds is 6. The third kappa shape index (κ3) is 4.02. The Balaban J connectivity index is 1.95. The average molecular weight is 474 g/mol. The summed E-state index contributed by atoms with van der Waals surface area (Å²) in [5.74, 6) is 0.439. The molecule has 5 aromatic rings. The minimum absolute atomic E-state index is 0.0833. The summed E-state index contributed by atoms with van der Waals surface area (Å²) in [5, 5.41) is 7.24. The molecule has 0 saturated heterocycles. The predicted octanol–water partition coefficient (Wildman–Crippen LogP) is 5.00. The van der Waals surface area contributed by atoms with Crippen molar-refractivity contribution in [3.63, 3.8) is 0 Å². The largest absolute Gasteiger partial charge is 0.303 e. The van der Waals surface area contributed by atoms with Crippen LogP contribution in [-0.2, 0) is 0 Å². The second-order valence-electron chi connectivity index (χ2n) is 7.82. The smallest absolute Gasteiger partial charge is 0.295 e. The second-order valence-corrected chi connectivity index (χ2v) is 11.2. The van der Waals surface area contributed by atoms with Crippen LogP contribution in [-0.4, -0.2) is 9.97 Å². The fourth-order valence-corrected chi connectivity index (χ4v) is 8.67. The molecule has 0 bridgehead atoms. The third-order valence-corrected chi connectivity index (χ3v) is 10.1. The SMILES string of the molecule is [N-]=[N+]=Nc1nc(-c2ccccc2)[nH]c(=O)c1[P+](c1ccccc1)(c1ccccc1)c1ccccc1. The van der Waals surface area contributed by atoms with Crippen LogP contribution < -0.4 is 26.8 Å². The van der Waals surface area contributed by atoms with E-state index in [9.17, 15) is 10.3 Å². The Kier molecular flexibility index (Phi) is 6.23. The van der Waals surface area contributed by atoms with Gasteiger partial charge in [-0.15, -0.1) is 0 Å². The lowest BCUT2D eigenvalue weighted by Gasteiger charge is -2.27. The Morgan fingerprint density at radius 3 is 1.54 bits per heavy atom. The van der Waals surface area contributed by atoms with Crippen molar-refractivity contribution in [2.24, 2.45) is 5.11 Å². The molecule has 5 rings (SSSR count). The first kappa shape index (κ1) is 22.3. The van der Waals surface area contributed by atoms with Gasteiger partial charge in [-0.3, -0.25) is 4.79 Å². The topological polar surface area (TPSA) is 94.5 Å². The van der Waals surface area contributed by atoms with Crippen molar-refractivity contribution >= 4 is 34.3 Å². The minimum atomic E-state index is -2.79. The number of hydrogen-bond donors (Lipinski definition) is 1. The minimum Gasteiger partial charge on any atom is -0.303 e. The highest BCUT2D eigenvalue weighted by Crippen LogP contribution is 2.54. The molecule has 6 nitrogen and oxygen atoms in total. The van der Waals surface area contributed by atoms with Crippen molar-refractivity contribution in [2.45, 2.75) is 0 Å². The van der Waals surface area contributed by atoms with E-state index in [0.29, 0.717) is 11.1 Å². The third-order valence-electron chi connectivity index (χ3n) is 5.83. The van der Waals surface area contributed by atoms with Crippen molar-refractivity contribution in [2.75, 3.05) is 0 Å². The second kappa shape index (κ2) is 9.78. The van der Waals surface area contributed by atoms with Crippen LogP contribution in [0.2, 0.25) is 0 Å². The summed E-state index contributed by atoms with van der Waals surface area (Å²) in [7, 11) is -2.79. The van der Waals surface area contributed by atoms with E-state index < -0.39 is 7.26 Å². The fraction of sp³-hybridized carbons (Fsp3) is 0. The van der Waals surface area contributed by atoms with Gasteiger partial charge >= 0.3 is 0 Å². The van der Waals surface area contributed by atoms with Gasteiger partial charge in [-0.1, -0.05) is 84.9 Å². The molecule has 168 valence electrons. The van der Waals surface area contributed by atoms with Crippen molar-refractivity contribution in [3.8, 4) is 11.4 Å². The van der Waals surface area contributed by atoms with E-state index in [2.05, 4.69) is 20.0 Å². The number of hydrogen-bond acceptors (Lipinski definition) is 3. The first-order chi connectivity index (χ1) is 17.2. The summed E-state index contributed by atoms with van der Waals surface area (Å²) < 4.78 is 0. The molecule has 0 radical (unpaired) electrons. The van der Waals surface area contributed by atoms with Gasteiger partial charge in [0.05, 0.1) is 0 Å². The number of nitrogens with zero attached hydrogens (tertiary/aromatic N) is 4. The molecular weight excluding hydrogens is 453 g/mol. The predicted molar refractivity (Wildman–Crippen MR) is 144 cm³/mol. The molecular formula is C28H21N5OP+. The normalized spacial score (nSPS) is 11.0. The van der Waals surface area contributed by atoms with Gasteiger partial charge in [0.1, 0.15) is 21.7 Å². The fourth-order valence-electron chi connectivity index (χ4n) is 4.39. The van der Waals surface area contributed by atoms with Gasteiger partial charge in [0.2, 0.25) is 5.30 Å². The molecule has 0 unspecified atom stereocenters. The first-order valence-electron chi connectivity index (χ1n) is 11.1. The van der Waals surface area contributed by atoms with E-state index in [1.54, 1.807) is 0 Å². The number of azide groups is 1. The van der Waals surface area contributed by atoms with Crippen LogP contribution in [0.5, 0.6) is 0 Å². The van der Waals surface area contributed by atoms with E-state index in [0.717, 1.165) is 21.5 Å². The number of H-pyrrole nitrogens is 1. The summed E-state index contributed by atoms with van der Waals surface area (Å²) in [4.78, 5) is 24.8. The van der Waals surface area contributed by atoms with Crippen LogP contribution in [0.4, 0.5) is 5.82 Å². The molecule has 0 spiro atoms. The maximum atomic E-state index is 14.0. The molecule has 4 aromatic carbocycles. The molecule has 1 N–H and O–H groups in total. The van der Waals surface area contributed by atoms with Crippen molar-refractivity contribution in [3.05, 3.63) is 142 Å². The van der Waals surface area contributed by atoms with E-state index in [1.165, 1.54) is 0 Å². The number of aromatic nitrogens is 2. The highest BCUT2D eigenvalue weighted by molar-refractivity contribution is 8.01. The molecule has 0 aliphatic rings. The van der Waals surface area contributed by atoms with Gasteiger partial charge < -0.3 is 4.98 Å². The summed E-state index contributed by atoms with van der Waals surface area (Å²) in [6.07, 6.45) is 0. The number of benzene rings is 4. The van der Waals surface area contributed by atoms with Gasteiger partial charge in [0.25, 0.3) is 5.56 Å². The zero-order valence-corrected chi connectivity index (χ0v) is 19.6. The lowest BCUT2D eigenvalue weighted by molar-refractivity contribution is 1.13. The van der Waals surface area contributed by atoms with Gasteiger partial charge in [-0.05, 0) is 47.0 Å². The summed E-state index contributed by atoms with van der Waals surface area (Å²) in [6.45, 7) is 0. The molecule has 1 aromatic heterocycles. The number of nitrogens with one attached hydrogen (secondary N) is 1. The molecule has 1 heterocycles. The summed E-state index contributed by atoms with van der Waals surface area (Å²) in [6, 6.07) is 39.1. The Morgan fingerprint density at radius 2 is 1.11 bits per heavy atom. The molecule has 7 heteroatoms. The average Bonchev–Trinajstić information content (AvgIpc) is 2.93. The number of aromatic amines is 1. The van der Waals surface area contributed by atoms with Gasteiger partial charge in [0.15, 0.2) is 13.1 Å². The lowest BCUT2D eigenvalue weighted by Crippen LogP contribution is -2.45. The van der Waals surface area contributed by atoms with E-state index in [-0.39, 0.29) is 11.4 Å². The van der Waals surface area contributed by atoms with Crippen LogP contribution in [0, 0.1) is 0 Å². The zero-order chi connectivity index (χ0) is 24.1. The molecule has 0 aliphatic carbocycles. The Bertz CT molecular complexity index is 1450. The van der Waals surface area contributed by atoms with Gasteiger partial charge in [-0.2, -0.15) is 0 Å². The van der Waals surface area contributed by atoms with Crippen LogP contribution in [0.3, 0.4) is 0 Å². The van der Waals surface area contributed by atoms with E-state index in [1.807, 2.05) is 121 Å². The molecule has 0 fully saturated rings. The standard InChI is InChI=1S/C28H20N5OP/c29-33-32-27-25(28(34)31-26(30-27)21-13-5-1-6-14-21)35(22-15-7-2-8-16-22,23-17-9-3-10-18-23)24-19-11-4-12-20-24/h1-20H/p+1. The molecule has 35 heavy (non-hydrogen) atoms. The summed E-state index contributed by atoms with van der Waals surface area (Å²) in [5.41, 5.74) is 9.89. The maximum absolute atomic E-state index is 14.0. The summed E-state index contributed by atoms with van der Waals surface area (Å²) >= 11 is 0. The van der Waals surface area contributed by atoms with Crippen LogP contribution in [0.15, 0.2) is 131 Å². The molecule has 0 aliphatic heterocycles. The van der Waals surface area contributed by atoms with Crippen LogP contribution >= 0.6 is 7.26 Å². The molecule has 0 amide bonds. The Labute approximate surface area is 202 Å². The first-order valence-corrected chi connectivity index (χ1v) is 12.9. The maximum Gasteiger partial charge on any atom is 0.295 e. The highest BCUT2D eigenvalue weighted by Gasteiger charge is 2.52. The Morgan fingerprint density at radius 1 is 0.686 bits per heavy atom. The molecule has 0 saturated carbocycles. The van der Waals surface area contributed by atoms with Crippen molar-refractivity contribution in [1.82, 2.24) is 9.97 Å². The van der Waals surface area contributed by atoms with E-state index >= 15 is 0 Å². The highest BCUT2D eigenvalue weighted by atomic mass is 31.2. The van der Waals surface area contributed by atoms with Crippen LogP contribution in [0.1, 0.15) is 0 Å². The zero-order valence-electron chi connectivity index (χ0n) is 18.7. The van der Waals surface area contributed by atoms with Crippen molar-refractivity contribution < 1.29 is 0 Å². The van der Waals surface area contributed by atoms with E-state index in [4.69, 9.17) is 0 Å². The monoisotopic (exact) mass is 474 g/mol. The Hall–Kier alpha value is -4.50. The quantitative estimate of drug-likeness (QED) is 0.162.